The van der Waals surface area contributed by atoms with Crippen LogP contribution in [0.25, 0.3) is 0 Å². The van der Waals surface area contributed by atoms with Crippen LogP contribution in [0.15, 0.2) is 16.6 Å². The first-order valence-electron chi connectivity index (χ1n) is 6.54. The Kier molecular flexibility index (Phi) is 4.51. The van der Waals surface area contributed by atoms with Crippen molar-refractivity contribution in [2.75, 3.05) is 30.3 Å². The number of hydrogen-bond donors (Lipinski definition) is 1. The van der Waals surface area contributed by atoms with Gasteiger partial charge in [0.25, 0.3) is 0 Å². The SMILES string of the molecule is CCN(CC1CCCO1)c1cc(C)c(N)cc1Br. The van der Waals surface area contributed by atoms with Crippen LogP contribution < -0.4 is 10.6 Å². The van der Waals surface area contributed by atoms with E-state index in [1.165, 1.54) is 18.5 Å². The molecule has 1 aromatic carbocycles. The van der Waals surface area contributed by atoms with Crippen LogP contribution in [-0.4, -0.2) is 25.8 Å². The van der Waals surface area contributed by atoms with Gasteiger partial charge in [0, 0.05) is 29.9 Å². The van der Waals surface area contributed by atoms with E-state index < -0.39 is 0 Å². The Morgan fingerprint density at radius 3 is 2.89 bits per heavy atom. The number of hydrogen-bond acceptors (Lipinski definition) is 3. The fraction of sp³-hybridized carbons (Fsp3) is 0.571. The summed E-state index contributed by atoms with van der Waals surface area (Å²) < 4.78 is 6.78. The van der Waals surface area contributed by atoms with Crippen LogP contribution in [0.1, 0.15) is 25.3 Å². The van der Waals surface area contributed by atoms with E-state index in [1.807, 2.05) is 13.0 Å². The molecule has 0 bridgehead atoms. The normalized spacial score (nSPS) is 19.2. The van der Waals surface area contributed by atoms with E-state index in [1.54, 1.807) is 0 Å². The molecule has 0 aliphatic carbocycles. The van der Waals surface area contributed by atoms with E-state index in [-0.39, 0.29) is 0 Å². The molecule has 1 saturated heterocycles. The van der Waals surface area contributed by atoms with Crippen molar-refractivity contribution >= 4 is 27.3 Å². The maximum atomic E-state index is 5.92. The summed E-state index contributed by atoms with van der Waals surface area (Å²) in [7, 11) is 0. The highest BCUT2D eigenvalue weighted by Crippen LogP contribution is 2.31. The van der Waals surface area contributed by atoms with Crippen molar-refractivity contribution in [1.29, 1.82) is 0 Å². The second-order valence-electron chi connectivity index (χ2n) is 4.83. The van der Waals surface area contributed by atoms with Crippen molar-refractivity contribution in [1.82, 2.24) is 0 Å². The van der Waals surface area contributed by atoms with Crippen LogP contribution in [0, 0.1) is 6.92 Å². The summed E-state index contributed by atoms with van der Waals surface area (Å²) in [5, 5.41) is 0. The molecule has 18 heavy (non-hydrogen) atoms. The number of nitrogen functional groups attached to an aromatic ring is 1. The average molecular weight is 313 g/mol. The topological polar surface area (TPSA) is 38.5 Å². The highest BCUT2D eigenvalue weighted by atomic mass is 79.9. The van der Waals surface area contributed by atoms with Gasteiger partial charge in [0.1, 0.15) is 0 Å². The summed E-state index contributed by atoms with van der Waals surface area (Å²) in [5.74, 6) is 0. The van der Waals surface area contributed by atoms with Gasteiger partial charge >= 0.3 is 0 Å². The lowest BCUT2D eigenvalue weighted by molar-refractivity contribution is 0.115. The summed E-state index contributed by atoms with van der Waals surface area (Å²) in [6, 6.07) is 4.14. The average Bonchev–Trinajstić information content (AvgIpc) is 2.84. The third kappa shape index (κ3) is 2.98. The van der Waals surface area contributed by atoms with Gasteiger partial charge in [-0.3, -0.25) is 0 Å². The number of likely N-dealkylation sites (N-methyl/N-ethyl adjacent to an activating group) is 1. The van der Waals surface area contributed by atoms with Gasteiger partial charge in [-0.1, -0.05) is 0 Å². The minimum atomic E-state index is 0.370. The molecule has 1 unspecified atom stereocenters. The second kappa shape index (κ2) is 5.93. The monoisotopic (exact) mass is 312 g/mol. The molecular weight excluding hydrogens is 292 g/mol. The zero-order chi connectivity index (χ0) is 13.1. The summed E-state index contributed by atoms with van der Waals surface area (Å²) in [6.45, 7) is 7.06. The Morgan fingerprint density at radius 2 is 2.28 bits per heavy atom. The van der Waals surface area contributed by atoms with Gasteiger partial charge in [0.15, 0.2) is 0 Å². The highest BCUT2D eigenvalue weighted by molar-refractivity contribution is 9.10. The molecular formula is C14H21BrN2O. The van der Waals surface area contributed by atoms with E-state index in [2.05, 4.69) is 33.8 Å². The summed E-state index contributed by atoms with van der Waals surface area (Å²) >= 11 is 3.61. The molecule has 1 atom stereocenters. The Hall–Kier alpha value is -0.740. The first kappa shape index (κ1) is 13.7. The Labute approximate surface area is 117 Å². The first-order valence-corrected chi connectivity index (χ1v) is 7.33. The van der Waals surface area contributed by atoms with Gasteiger partial charge in [-0.05, 0) is 60.3 Å². The van der Waals surface area contributed by atoms with Crippen molar-refractivity contribution in [3.63, 3.8) is 0 Å². The summed E-state index contributed by atoms with van der Waals surface area (Å²) in [4.78, 5) is 2.35. The van der Waals surface area contributed by atoms with Gasteiger partial charge < -0.3 is 15.4 Å². The van der Waals surface area contributed by atoms with E-state index in [9.17, 15) is 0 Å². The van der Waals surface area contributed by atoms with E-state index in [0.29, 0.717) is 6.10 Å². The molecule has 3 nitrogen and oxygen atoms in total. The fourth-order valence-electron chi connectivity index (χ4n) is 2.36. The minimum absolute atomic E-state index is 0.370. The van der Waals surface area contributed by atoms with Gasteiger partial charge in [-0.25, -0.2) is 0 Å². The van der Waals surface area contributed by atoms with Crippen molar-refractivity contribution in [3.8, 4) is 0 Å². The lowest BCUT2D eigenvalue weighted by Gasteiger charge is -2.27. The molecule has 0 saturated carbocycles. The molecule has 1 aliphatic heterocycles. The largest absolute Gasteiger partial charge is 0.398 e. The minimum Gasteiger partial charge on any atom is -0.398 e. The quantitative estimate of drug-likeness (QED) is 0.867. The van der Waals surface area contributed by atoms with Gasteiger partial charge in [0.05, 0.1) is 11.8 Å². The number of rotatable bonds is 4. The van der Waals surface area contributed by atoms with Gasteiger partial charge in [-0.2, -0.15) is 0 Å². The molecule has 4 heteroatoms. The number of benzene rings is 1. The van der Waals surface area contributed by atoms with Crippen molar-refractivity contribution in [2.24, 2.45) is 0 Å². The number of halogens is 1. The zero-order valence-corrected chi connectivity index (χ0v) is 12.7. The predicted octanol–water partition coefficient (Wildman–Crippen LogP) is 3.35. The molecule has 1 fully saturated rings. The van der Waals surface area contributed by atoms with Crippen LogP contribution in [0.3, 0.4) is 0 Å². The van der Waals surface area contributed by atoms with E-state index in [0.717, 1.165) is 35.4 Å². The van der Waals surface area contributed by atoms with Crippen LogP contribution in [0.5, 0.6) is 0 Å². The number of nitrogens with zero attached hydrogens (tertiary/aromatic N) is 1. The number of ether oxygens (including phenoxy) is 1. The molecule has 1 heterocycles. The molecule has 1 aliphatic rings. The fourth-order valence-corrected chi connectivity index (χ4v) is 2.97. The number of nitrogens with two attached hydrogens (primary N) is 1. The Balaban J connectivity index is 2.18. The molecule has 2 N–H and O–H groups in total. The molecule has 0 aromatic heterocycles. The maximum Gasteiger partial charge on any atom is 0.0750 e. The van der Waals surface area contributed by atoms with E-state index >= 15 is 0 Å². The predicted molar refractivity (Wildman–Crippen MR) is 80.2 cm³/mol. The van der Waals surface area contributed by atoms with Crippen LogP contribution >= 0.6 is 15.9 Å². The summed E-state index contributed by atoms with van der Waals surface area (Å²) in [6.07, 6.45) is 2.72. The van der Waals surface area contributed by atoms with Gasteiger partial charge in [-0.15, -0.1) is 0 Å². The third-order valence-corrected chi connectivity index (χ3v) is 4.14. The molecule has 0 radical (unpaired) electrons. The first-order chi connectivity index (χ1) is 8.61. The van der Waals surface area contributed by atoms with Crippen LogP contribution in [0.2, 0.25) is 0 Å². The molecule has 0 amide bonds. The standard InChI is InChI=1S/C14H21BrN2O/c1-3-17(9-11-5-4-6-18-11)14-7-10(2)13(16)8-12(14)15/h7-8,11H,3-6,9,16H2,1-2H3. The smallest absolute Gasteiger partial charge is 0.0750 e. The molecule has 0 spiro atoms. The molecule has 1 aromatic rings. The van der Waals surface area contributed by atoms with Crippen molar-refractivity contribution < 1.29 is 4.74 Å². The maximum absolute atomic E-state index is 5.92. The van der Waals surface area contributed by atoms with Crippen LogP contribution in [0.4, 0.5) is 11.4 Å². The van der Waals surface area contributed by atoms with Crippen molar-refractivity contribution in [3.05, 3.63) is 22.2 Å². The Morgan fingerprint density at radius 1 is 1.50 bits per heavy atom. The van der Waals surface area contributed by atoms with Crippen molar-refractivity contribution in [2.45, 2.75) is 32.8 Å². The summed E-state index contributed by atoms with van der Waals surface area (Å²) in [5.41, 5.74) is 9.09. The van der Waals surface area contributed by atoms with Gasteiger partial charge in [0.2, 0.25) is 0 Å². The highest BCUT2D eigenvalue weighted by Gasteiger charge is 2.20. The third-order valence-electron chi connectivity index (χ3n) is 3.51. The zero-order valence-electron chi connectivity index (χ0n) is 11.1. The molecule has 2 rings (SSSR count). The lowest BCUT2D eigenvalue weighted by Crippen LogP contribution is -2.32. The Bertz CT molecular complexity index is 417. The van der Waals surface area contributed by atoms with Crippen LogP contribution in [-0.2, 0) is 4.74 Å². The van der Waals surface area contributed by atoms with E-state index in [4.69, 9.17) is 10.5 Å². The molecule has 100 valence electrons. The number of anilines is 2. The number of aryl methyl sites for hydroxylation is 1. The second-order valence-corrected chi connectivity index (χ2v) is 5.69. The lowest BCUT2D eigenvalue weighted by atomic mass is 10.1.